The number of aryl methyl sites for hydroxylation is 2. The Bertz CT molecular complexity index is 1100. The first-order valence-corrected chi connectivity index (χ1v) is 9.75. The number of aromatic nitrogens is 3. The van der Waals surface area contributed by atoms with Crippen LogP contribution >= 0.6 is 0 Å². The maximum atomic E-state index is 13.1. The van der Waals surface area contributed by atoms with Crippen molar-refractivity contribution in [2.45, 2.75) is 53.0 Å². The van der Waals surface area contributed by atoms with Crippen molar-refractivity contribution in [1.29, 1.82) is 0 Å². The van der Waals surface area contributed by atoms with Gasteiger partial charge in [0.25, 0.3) is 11.5 Å². The highest BCUT2D eigenvalue weighted by molar-refractivity contribution is 6.04. The van der Waals surface area contributed by atoms with Crippen LogP contribution in [0.15, 0.2) is 33.6 Å². The molecule has 0 radical (unpaired) electrons. The van der Waals surface area contributed by atoms with Crippen molar-refractivity contribution in [3.8, 4) is 0 Å². The molecule has 3 rings (SSSR count). The van der Waals surface area contributed by atoms with E-state index in [1.807, 2.05) is 0 Å². The molecule has 7 heteroatoms. The third-order valence-electron chi connectivity index (χ3n) is 5.15. The van der Waals surface area contributed by atoms with Crippen LogP contribution in [-0.2, 0) is 12.5 Å². The molecule has 29 heavy (non-hydrogen) atoms. The van der Waals surface area contributed by atoms with Crippen LogP contribution in [0.4, 0.5) is 0 Å². The minimum Gasteiger partial charge on any atom is -0.360 e. The standard InChI is InChI=1S/C22H28N4O3/c1-12(2)17(14-8-10-15(11-9-14)22(4,5)6)23-20(27)18-16-13(3)29-25-19(16)21(28)26(7)24-18/h8-12,17H,1-7H3,(H,23,27)/t17-/m1/s1. The first-order valence-electron chi connectivity index (χ1n) is 9.75. The topological polar surface area (TPSA) is 90.0 Å². The third-order valence-corrected chi connectivity index (χ3v) is 5.15. The number of carbonyl (C=O) groups excluding carboxylic acids is 1. The molecule has 3 aromatic rings. The summed E-state index contributed by atoms with van der Waals surface area (Å²) in [7, 11) is 1.49. The second-order valence-corrected chi connectivity index (χ2v) is 8.81. The molecular weight excluding hydrogens is 368 g/mol. The molecule has 1 atom stereocenters. The Labute approximate surface area is 170 Å². The number of carbonyl (C=O) groups is 1. The summed E-state index contributed by atoms with van der Waals surface area (Å²) >= 11 is 0. The molecule has 1 amide bonds. The van der Waals surface area contributed by atoms with Crippen LogP contribution in [0, 0.1) is 12.8 Å². The number of hydrogen-bond donors (Lipinski definition) is 1. The maximum absolute atomic E-state index is 13.1. The summed E-state index contributed by atoms with van der Waals surface area (Å²) in [5.41, 5.74) is 2.16. The fourth-order valence-corrected chi connectivity index (χ4v) is 3.39. The Balaban J connectivity index is 1.98. The molecule has 0 aliphatic carbocycles. The fraction of sp³-hybridized carbons (Fsp3) is 0.455. The quantitative estimate of drug-likeness (QED) is 0.727. The SMILES string of the molecule is Cc1onc2c(=O)n(C)nc(C(=O)N[C@@H](c3ccc(C(C)(C)C)cc3)C(C)C)c12. The number of hydrogen-bond acceptors (Lipinski definition) is 5. The molecule has 1 aromatic carbocycles. The highest BCUT2D eigenvalue weighted by atomic mass is 16.5. The molecule has 2 heterocycles. The van der Waals surface area contributed by atoms with Crippen LogP contribution in [0.1, 0.15) is 68.0 Å². The van der Waals surface area contributed by atoms with Gasteiger partial charge in [0.1, 0.15) is 5.76 Å². The number of rotatable bonds is 4. The Hall–Kier alpha value is -2.96. The number of benzene rings is 1. The van der Waals surface area contributed by atoms with Crippen molar-refractivity contribution in [3.05, 3.63) is 57.2 Å². The Morgan fingerprint density at radius 3 is 2.34 bits per heavy atom. The maximum Gasteiger partial charge on any atom is 0.296 e. The van der Waals surface area contributed by atoms with Crippen molar-refractivity contribution >= 4 is 16.8 Å². The normalized spacial score (nSPS) is 13.1. The molecule has 0 saturated heterocycles. The summed E-state index contributed by atoms with van der Waals surface area (Å²) in [6, 6.07) is 8.11. The molecule has 7 nitrogen and oxygen atoms in total. The van der Waals surface area contributed by atoms with E-state index in [0.717, 1.165) is 10.2 Å². The van der Waals surface area contributed by atoms with Crippen molar-refractivity contribution in [3.63, 3.8) is 0 Å². The summed E-state index contributed by atoms with van der Waals surface area (Å²) in [6.45, 7) is 12.3. The van der Waals surface area contributed by atoms with Crippen LogP contribution < -0.4 is 10.9 Å². The molecule has 2 aromatic heterocycles. The average molecular weight is 396 g/mol. The van der Waals surface area contributed by atoms with Crippen molar-refractivity contribution in [2.24, 2.45) is 13.0 Å². The molecular formula is C22H28N4O3. The monoisotopic (exact) mass is 396 g/mol. The van der Waals surface area contributed by atoms with E-state index in [1.165, 1.54) is 12.6 Å². The molecule has 0 aliphatic heterocycles. The zero-order valence-electron chi connectivity index (χ0n) is 18.0. The molecule has 0 unspecified atom stereocenters. The van der Waals surface area contributed by atoms with E-state index in [0.29, 0.717) is 11.1 Å². The highest BCUT2D eigenvalue weighted by Gasteiger charge is 2.25. The van der Waals surface area contributed by atoms with E-state index < -0.39 is 5.56 Å². The van der Waals surface area contributed by atoms with Crippen LogP contribution in [0.3, 0.4) is 0 Å². The summed E-state index contributed by atoms with van der Waals surface area (Å²) in [4.78, 5) is 25.4. The first kappa shape index (κ1) is 20.8. The number of fused-ring (bicyclic) bond motifs is 1. The van der Waals surface area contributed by atoms with E-state index in [4.69, 9.17) is 4.52 Å². The van der Waals surface area contributed by atoms with Crippen molar-refractivity contribution in [1.82, 2.24) is 20.3 Å². The van der Waals surface area contributed by atoms with Gasteiger partial charge in [0.15, 0.2) is 11.2 Å². The third kappa shape index (κ3) is 3.95. The summed E-state index contributed by atoms with van der Waals surface area (Å²) in [5.74, 6) is 0.188. The Morgan fingerprint density at radius 1 is 1.17 bits per heavy atom. The average Bonchev–Trinajstić information content (AvgIpc) is 3.03. The zero-order chi connectivity index (χ0) is 21.5. The van der Waals surface area contributed by atoms with Gasteiger partial charge < -0.3 is 9.84 Å². The van der Waals surface area contributed by atoms with E-state index in [-0.39, 0.29) is 34.5 Å². The van der Waals surface area contributed by atoms with Crippen LogP contribution in [0.2, 0.25) is 0 Å². The number of nitrogens with one attached hydrogen (secondary N) is 1. The predicted molar refractivity (Wildman–Crippen MR) is 112 cm³/mol. The van der Waals surface area contributed by atoms with E-state index in [2.05, 4.69) is 74.5 Å². The van der Waals surface area contributed by atoms with Crippen molar-refractivity contribution in [2.75, 3.05) is 0 Å². The highest BCUT2D eigenvalue weighted by Crippen LogP contribution is 2.27. The van der Waals surface area contributed by atoms with Gasteiger partial charge in [0.2, 0.25) is 0 Å². The van der Waals surface area contributed by atoms with Gasteiger partial charge in [0.05, 0.1) is 11.4 Å². The van der Waals surface area contributed by atoms with Crippen LogP contribution in [0.25, 0.3) is 10.9 Å². The molecule has 154 valence electrons. The van der Waals surface area contributed by atoms with Crippen LogP contribution in [-0.4, -0.2) is 20.8 Å². The van der Waals surface area contributed by atoms with Gasteiger partial charge in [-0.3, -0.25) is 9.59 Å². The minimum atomic E-state index is -0.397. The first-order chi connectivity index (χ1) is 13.5. The lowest BCUT2D eigenvalue weighted by atomic mass is 9.85. The van der Waals surface area contributed by atoms with Crippen molar-refractivity contribution < 1.29 is 9.32 Å². The molecule has 0 aliphatic rings. The Morgan fingerprint density at radius 2 is 1.79 bits per heavy atom. The summed E-state index contributed by atoms with van der Waals surface area (Å²) in [5, 5.41) is 11.4. The lowest BCUT2D eigenvalue weighted by Gasteiger charge is -2.25. The second-order valence-electron chi connectivity index (χ2n) is 8.81. The second kappa shape index (κ2) is 7.46. The Kier molecular flexibility index (Phi) is 5.34. The summed E-state index contributed by atoms with van der Waals surface area (Å²) in [6.07, 6.45) is 0. The smallest absolute Gasteiger partial charge is 0.296 e. The van der Waals surface area contributed by atoms with E-state index >= 15 is 0 Å². The van der Waals surface area contributed by atoms with E-state index in [1.54, 1.807) is 6.92 Å². The lowest BCUT2D eigenvalue weighted by Crippen LogP contribution is -2.34. The molecule has 0 bridgehead atoms. The molecule has 0 saturated carbocycles. The zero-order valence-corrected chi connectivity index (χ0v) is 18.0. The number of nitrogens with zero attached hydrogens (tertiary/aromatic N) is 3. The largest absolute Gasteiger partial charge is 0.360 e. The van der Waals surface area contributed by atoms with Gasteiger partial charge in [-0.1, -0.05) is 64.0 Å². The minimum absolute atomic E-state index is 0.0608. The van der Waals surface area contributed by atoms with Gasteiger partial charge >= 0.3 is 0 Å². The van der Waals surface area contributed by atoms with Gasteiger partial charge in [0, 0.05) is 7.05 Å². The van der Waals surface area contributed by atoms with E-state index in [9.17, 15) is 9.59 Å². The van der Waals surface area contributed by atoms with Gasteiger partial charge in [-0.05, 0) is 29.4 Å². The molecule has 0 spiro atoms. The van der Waals surface area contributed by atoms with Crippen LogP contribution in [0.5, 0.6) is 0 Å². The fourth-order valence-electron chi connectivity index (χ4n) is 3.39. The summed E-state index contributed by atoms with van der Waals surface area (Å²) < 4.78 is 6.25. The van der Waals surface area contributed by atoms with Gasteiger partial charge in [-0.25, -0.2) is 4.68 Å². The molecule has 1 N–H and O–H groups in total. The predicted octanol–water partition coefficient (Wildman–Crippen LogP) is 3.65. The van der Waals surface area contributed by atoms with Gasteiger partial charge in [-0.15, -0.1) is 0 Å². The van der Waals surface area contributed by atoms with Gasteiger partial charge in [-0.2, -0.15) is 5.10 Å². The number of amides is 1. The lowest BCUT2D eigenvalue weighted by molar-refractivity contribution is 0.0920. The molecule has 0 fully saturated rings.